The molecule has 1 aromatic carbocycles. The Labute approximate surface area is 163 Å². The second-order valence-corrected chi connectivity index (χ2v) is 9.05. The van der Waals surface area contributed by atoms with Crippen molar-refractivity contribution in [2.24, 2.45) is 5.92 Å². The van der Waals surface area contributed by atoms with Gasteiger partial charge in [0, 0.05) is 37.3 Å². The van der Waals surface area contributed by atoms with Crippen molar-refractivity contribution in [3.63, 3.8) is 0 Å². The van der Waals surface area contributed by atoms with E-state index in [1.165, 1.54) is 23.4 Å². The number of amides is 1. The molecule has 1 heterocycles. The van der Waals surface area contributed by atoms with E-state index in [1.807, 2.05) is 25.7 Å². The summed E-state index contributed by atoms with van der Waals surface area (Å²) in [5.74, 6) is 0.723. The van der Waals surface area contributed by atoms with Crippen LogP contribution in [0.3, 0.4) is 0 Å². The molecular weight excluding hydrogens is 344 g/mol. The maximum atomic E-state index is 12.1. The van der Waals surface area contributed by atoms with Crippen LogP contribution in [0.25, 0.3) is 0 Å². The number of anilines is 1. The molecule has 0 bridgehead atoms. The molecule has 146 valence electrons. The first-order valence-corrected chi connectivity index (χ1v) is 10.8. The average molecular weight is 379 g/mol. The topological polar surface area (TPSA) is 32.8 Å². The summed E-state index contributed by atoms with van der Waals surface area (Å²) in [5.41, 5.74) is 0.870. The third-order valence-corrected chi connectivity index (χ3v) is 5.63. The smallest absolute Gasteiger partial charge is 0.410 e. The van der Waals surface area contributed by atoms with Crippen molar-refractivity contribution in [1.29, 1.82) is 0 Å². The van der Waals surface area contributed by atoms with Crippen LogP contribution in [-0.2, 0) is 4.74 Å². The number of nitrogens with zero attached hydrogens (tertiary/aromatic N) is 2. The zero-order valence-electron chi connectivity index (χ0n) is 17.0. The quantitative estimate of drug-likeness (QED) is 0.631. The van der Waals surface area contributed by atoms with Crippen LogP contribution in [0.2, 0.25) is 0 Å². The molecule has 1 fully saturated rings. The molecule has 1 aliphatic rings. The first-order valence-electron chi connectivity index (χ1n) is 9.61. The van der Waals surface area contributed by atoms with Crippen LogP contribution in [0, 0.1) is 5.92 Å². The molecule has 4 nitrogen and oxygen atoms in total. The lowest BCUT2D eigenvalue weighted by Gasteiger charge is -2.33. The highest BCUT2D eigenvalue weighted by Gasteiger charge is 2.26. The van der Waals surface area contributed by atoms with Crippen molar-refractivity contribution in [1.82, 2.24) is 4.90 Å². The van der Waals surface area contributed by atoms with E-state index in [1.54, 1.807) is 11.8 Å². The fraction of sp³-hybridized carbons (Fsp3) is 0.667. The SMILES string of the molecule is CSc1ccc(N(C)CCCC2CCN(C(=O)OC(C)(C)C)CC2)cc1. The molecule has 0 aromatic heterocycles. The van der Waals surface area contributed by atoms with E-state index in [-0.39, 0.29) is 6.09 Å². The van der Waals surface area contributed by atoms with Gasteiger partial charge in [-0.05, 0) is 82.9 Å². The maximum Gasteiger partial charge on any atom is 0.410 e. The van der Waals surface area contributed by atoms with Crippen molar-refractivity contribution in [2.45, 2.75) is 57.0 Å². The number of likely N-dealkylation sites (tertiary alicyclic amines) is 1. The highest BCUT2D eigenvalue weighted by molar-refractivity contribution is 7.98. The highest BCUT2D eigenvalue weighted by atomic mass is 32.2. The summed E-state index contributed by atoms with van der Waals surface area (Å²) < 4.78 is 5.47. The summed E-state index contributed by atoms with van der Waals surface area (Å²) in [6.07, 6.45) is 6.54. The number of thioether (sulfide) groups is 1. The number of hydrogen-bond donors (Lipinski definition) is 0. The molecule has 1 aliphatic heterocycles. The standard InChI is InChI=1S/C21H34N2O2S/c1-21(2,3)25-20(24)23-15-12-17(13-16-23)7-6-14-22(4)18-8-10-19(26-5)11-9-18/h8-11,17H,6-7,12-16H2,1-5H3. The number of carbonyl (C=O) groups is 1. The lowest BCUT2D eigenvalue weighted by atomic mass is 9.92. The molecule has 0 N–H and O–H groups in total. The van der Waals surface area contributed by atoms with Gasteiger partial charge < -0.3 is 14.5 Å². The van der Waals surface area contributed by atoms with Crippen molar-refractivity contribution in [3.8, 4) is 0 Å². The Morgan fingerprint density at radius 3 is 2.38 bits per heavy atom. The van der Waals surface area contributed by atoms with Crippen LogP contribution < -0.4 is 4.90 Å². The molecule has 26 heavy (non-hydrogen) atoms. The number of rotatable bonds is 6. The monoisotopic (exact) mass is 378 g/mol. The number of piperidine rings is 1. The summed E-state index contributed by atoms with van der Waals surface area (Å²) in [5, 5.41) is 0. The fourth-order valence-electron chi connectivity index (χ4n) is 3.31. The lowest BCUT2D eigenvalue weighted by molar-refractivity contribution is 0.0181. The highest BCUT2D eigenvalue weighted by Crippen LogP contribution is 2.24. The van der Waals surface area contributed by atoms with Gasteiger partial charge in [-0.25, -0.2) is 4.79 Å². The van der Waals surface area contributed by atoms with E-state index in [9.17, 15) is 4.79 Å². The zero-order chi connectivity index (χ0) is 19.2. The molecular formula is C21H34N2O2S. The summed E-state index contributed by atoms with van der Waals surface area (Å²) in [6, 6.07) is 8.77. The van der Waals surface area contributed by atoms with Crippen molar-refractivity contribution in [2.75, 3.05) is 37.8 Å². The third kappa shape index (κ3) is 6.75. The Bertz CT molecular complexity index is 560. The predicted molar refractivity (Wildman–Crippen MR) is 111 cm³/mol. The molecule has 1 saturated heterocycles. The van der Waals surface area contributed by atoms with Gasteiger partial charge in [-0.2, -0.15) is 0 Å². The second-order valence-electron chi connectivity index (χ2n) is 8.17. The van der Waals surface area contributed by atoms with Crippen molar-refractivity contribution >= 4 is 23.5 Å². The van der Waals surface area contributed by atoms with Crippen LogP contribution in [0.1, 0.15) is 46.5 Å². The molecule has 0 spiro atoms. The molecule has 1 aromatic rings. The van der Waals surface area contributed by atoms with Gasteiger partial charge in [-0.3, -0.25) is 0 Å². The molecule has 5 heteroatoms. The third-order valence-electron chi connectivity index (χ3n) is 4.89. The van der Waals surface area contributed by atoms with Gasteiger partial charge in [0.2, 0.25) is 0 Å². The lowest BCUT2D eigenvalue weighted by Crippen LogP contribution is -2.41. The van der Waals surface area contributed by atoms with Crippen LogP contribution >= 0.6 is 11.8 Å². The van der Waals surface area contributed by atoms with Gasteiger partial charge in [0.05, 0.1) is 0 Å². The van der Waals surface area contributed by atoms with Gasteiger partial charge >= 0.3 is 6.09 Å². The van der Waals surface area contributed by atoms with Gasteiger partial charge in [0.25, 0.3) is 0 Å². The van der Waals surface area contributed by atoms with E-state index in [4.69, 9.17) is 4.74 Å². The summed E-state index contributed by atoms with van der Waals surface area (Å²) in [4.78, 5) is 17.6. The normalized spacial score (nSPS) is 15.8. The summed E-state index contributed by atoms with van der Waals surface area (Å²) in [6.45, 7) is 8.48. The average Bonchev–Trinajstić information content (AvgIpc) is 2.61. The van der Waals surface area contributed by atoms with Crippen LogP contribution in [0.15, 0.2) is 29.2 Å². The van der Waals surface area contributed by atoms with Crippen LogP contribution in [-0.4, -0.2) is 49.5 Å². The minimum Gasteiger partial charge on any atom is -0.444 e. The zero-order valence-corrected chi connectivity index (χ0v) is 17.8. The van der Waals surface area contributed by atoms with Gasteiger partial charge in [0.15, 0.2) is 0 Å². The molecule has 2 rings (SSSR count). The van der Waals surface area contributed by atoms with E-state index in [0.717, 1.165) is 38.4 Å². The Kier molecular flexibility index (Phi) is 7.69. The fourth-order valence-corrected chi connectivity index (χ4v) is 3.72. The predicted octanol–water partition coefficient (Wildman–Crippen LogP) is 5.27. The molecule has 0 radical (unpaired) electrons. The van der Waals surface area contributed by atoms with Gasteiger partial charge in [0.1, 0.15) is 5.60 Å². The minimum atomic E-state index is -0.410. The number of benzene rings is 1. The minimum absolute atomic E-state index is 0.163. The van der Waals surface area contributed by atoms with Gasteiger partial charge in [-0.1, -0.05) is 0 Å². The Morgan fingerprint density at radius 1 is 1.23 bits per heavy atom. The Hall–Kier alpha value is -1.36. The molecule has 0 saturated carbocycles. The maximum absolute atomic E-state index is 12.1. The Balaban J connectivity index is 1.67. The van der Waals surface area contributed by atoms with Crippen LogP contribution in [0.5, 0.6) is 0 Å². The number of ether oxygens (including phenoxy) is 1. The Morgan fingerprint density at radius 2 is 1.85 bits per heavy atom. The largest absolute Gasteiger partial charge is 0.444 e. The van der Waals surface area contributed by atoms with Crippen molar-refractivity contribution < 1.29 is 9.53 Å². The van der Waals surface area contributed by atoms with Gasteiger partial charge in [-0.15, -0.1) is 11.8 Å². The first-order chi connectivity index (χ1) is 12.3. The molecule has 0 atom stereocenters. The molecule has 0 aliphatic carbocycles. The van der Waals surface area contributed by atoms with E-state index in [0.29, 0.717) is 0 Å². The van der Waals surface area contributed by atoms with Crippen molar-refractivity contribution in [3.05, 3.63) is 24.3 Å². The summed E-state index contributed by atoms with van der Waals surface area (Å²) in [7, 11) is 2.17. The van der Waals surface area contributed by atoms with E-state index >= 15 is 0 Å². The molecule has 1 amide bonds. The first kappa shape index (κ1) is 20.9. The second kappa shape index (κ2) is 9.54. The molecule has 0 unspecified atom stereocenters. The van der Waals surface area contributed by atoms with Crippen LogP contribution in [0.4, 0.5) is 10.5 Å². The number of hydrogen-bond acceptors (Lipinski definition) is 4. The summed E-state index contributed by atoms with van der Waals surface area (Å²) >= 11 is 1.78. The van der Waals surface area contributed by atoms with E-state index in [2.05, 4.69) is 42.5 Å². The van der Waals surface area contributed by atoms with E-state index < -0.39 is 5.60 Å². The number of carbonyl (C=O) groups excluding carboxylic acids is 1.